The van der Waals surface area contributed by atoms with Crippen molar-refractivity contribution < 1.29 is 14.3 Å². The number of ether oxygens (including phenoxy) is 2. The van der Waals surface area contributed by atoms with E-state index in [0.717, 1.165) is 22.3 Å². The van der Waals surface area contributed by atoms with E-state index in [1.807, 2.05) is 50.2 Å². The third kappa shape index (κ3) is 3.57. The average molecular weight is 421 g/mol. The van der Waals surface area contributed by atoms with E-state index in [4.69, 9.17) is 9.47 Å². The van der Waals surface area contributed by atoms with Crippen molar-refractivity contribution in [1.29, 1.82) is 0 Å². The molecule has 0 bridgehead atoms. The quantitative estimate of drug-likeness (QED) is 0.372. The highest BCUT2D eigenvalue weighted by atomic mass is 32.1. The van der Waals surface area contributed by atoms with Crippen LogP contribution in [0.5, 0.6) is 11.5 Å². The van der Waals surface area contributed by atoms with Crippen molar-refractivity contribution in [2.75, 3.05) is 7.11 Å². The van der Waals surface area contributed by atoms with Gasteiger partial charge in [0.1, 0.15) is 11.5 Å². The monoisotopic (exact) mass is 421 g/mol. The summed E-state index contributed by atoms with van der Waals surface area (Å²) in [5.74, 6) is 1.27. The maximum atomic E-state index is 12.9. The van der Waals surface area contributed by atoms with Gasteiger partial charge in [0.15, 0.2) is 5.82 Å². The van der Waals surface area contributed by atoms with Crippen molar-refractivity contribution in [3.8, 4) is 22.9 Å². The van der Waals surface area contributed by atoms with Crippen molar-refractivity contribution in [3.63, 3.8) is 0 Å². The Morgan fingerprint density at radius 3 is 2.50 bits per heavy atom. The zero-order chi connectivity index (χ0) is 21.4. The number of rotatable bonds is 4. The molecular weight excluding hydrogens is 402 g/mol. The third-order valence-corrected chi connectivity index (χ3v) is 5.52. The molecule has 0 N–H and O–H groups in total. The first kappa shape index (κ1) is 19.8. The minimum absolute atomic E-state index is 0.233. The summed E-state index contributed by atoms with van der Waals surface area (Å²) in [7, 11) is 1.58. The second-order valence-electron chi connectivity index (χ2n) is 6.82. The lowest BCUT2D eigenvalue weighted by molar-refractivity contribution is -0.131. The molecule has 30 heavy (non-hydrogen) atoms. The van der Waals surface area contributed by atoms with Crippen molar-refractivity contribution >= 4 is 28.3 Å². The predicted molar refractivity (Wildman–Crippen MR) is 115 cm³/mol. The van der Waals surface area contributed by atoms with Gasteiger partial charge in [-0.1, -0.05) is 23.5 Å². The summed E-state index contributed by atoms with van der Waals surface area (Å²) in [6.07, 6.45) is 1.80. The van der Waals surface area contributed by atoms with Crippen LogP contribution in [0.4, 0.5) is 0 Å². The molecule has 0 aliphatic heterocycles. The summed E-state index contributed by atoms with van der Waals surface area (Å²) < 4.78 is 12.5. The van der Waals surface area contributed by atoms with Gasteiger partial charge in [0.05, 0.1) is 17.2 Å². The highest BCUT2D eigenvalue weighted by Gasteiger charge is 2.15. The summed E-state index contributed by atoms with van der Waals surface area (Å²) in [6, 6.07) is 11.2. The molecular formula is C22H19N3O4S. The number of benzene rings is 2. The highest BCUT2D eigenvalue weighted by Crippen LogP contribution is 2.27. The number of aryl methyl sites for hydroxylation is 2. The number of hydrogen-bond donors (Lipinski definition) is 0. The van der Waals surface area contributed by atoms with Crippen LogP contribution in [0.1, 0.15) is 23.6 Å². The number of hydrogen-bond acceptors (Lipinski definition) is 7. The number of methoxy groups -OCH3 is 1. The molecule has 0 unspecified atom stereocenters. The minimum Gasteiger partial charge on any atom is -0.496 e. The van der Waals surface area contributed by atoms with Gasteiger partial charge in [0.2, 0.25) is 4.96 Å². The van der Waals surface area contributed by atoms with Crippen LogP contribution in [-0.4, -0.2) is 27.7 Å². The first-order chi connectivity index (χ1) is 14.4. The van der Waals surface area contributed by atoms with Gasteiger partial charge < -0.3 is 9.47 Å². The average Bonchev–Trinajstić information content (AvgIpc) is 3.24. The maximum absolute atomic E-state index is 12.9. The highest BCUT2D eigenvalue weighted by molar-refractivity contribution is 7.15. The molecule has 0 saturated heterocycles. The molecule has 0 atom stereocenters. The second kappa shape index (κ2) is 7.72. The Labute approximate surface area is 176 Å². The van der Waals surface area contributed by atoms with E-state index in [0.29, 0.717) is 26.8 Å². The summed E-state index contributed by atoms with van der Waals surface area (Å²) in [4.78, 5) is 29.2. The molecule has 2 aromatic carbocycles. The van der Waals surface area contributed by atoms with Crippen molar-refractivity contribution in [3.05, 3.63) is 68.0 Å². The maximum Gasteiger partial charge on any atom is 0.308 e. The van der Waals surface area contributed by atoms with Gasteiger partial charge in [0.25, 0.3) is 5.56 Å². The number of para-hydroxylation sites is 1. The topological polar surface area (TPSA) is 82.8 Å². The van der Waals surface area contributed by atoms with Crippen molar-refractivity contribution in [2.24, 2.45) is 0 Å². The van der Waals surface area contributed by atoms with E-state index in [1.54, 1.807) is 13.2 Å². The Kier molecular flexibility index (Phi) is 5.09. The summed E-state index contributed by atoms with van der Waals surface area (Å²) in [5, 5.41) is 4.38. The molecule has 0 spiro atoms. The fourth-order valence-electron chi connectivity index (χ4n) is 3.30. The van der Waals surface area contributed by atoms with Gasteiger partial charge in [-0.25, -0.2) is 0 Å². The Balaban J connectivity index is 1.77. The number of carbonyl (C=O) groups excluding carboxylic acids is 1. The molecule has 152 valence electrons. The van der Waals surface area contributed by atoms with Crippen LogP contribution in [0.3, 0.4) is 0 Å². The van der Waals surface area contributed by atoms with Crippen LogP contribution in [0.2, 0.25) is 0 Å². The largest absolute Gasteiger partial charge is 0.496 e. The van der Waals surface area contributed by atoms with E-state index >= 15 is 0 Å². The SMILES string of the molecule is COc1ccccc1-c1nc2s/c(=C\c3cc(C)c(OC(C)=O)c(C)c3)c(=O)n2n1. The normalized spacial score (nSPS) is 11.8. The Hall–Kier alpha value is -3.52. The molecule has 7 nitrogen and oxygen atoms in total. The van der Waals surface area contributed by atoms with E-state index in [2.05, 4.69) is 10.1 Å². The zero-order valence-electron chi connectivity index (χ0n) is 16.9. The fraction of sp³-hybridized carbons (Fsp3) is 0.182. The molecule has 4 rings (SSSR count). The molecule has 0 saturated carbocycles. The van der Waals surface area contributed by atoms with E-state index in [-0.39, 0.29) is 11.5 Å². The standard InChI is InChI=1S/C22H19N3O4S/c1-12-9-15(10-13(2)19(12)29-14(3)26)11-18-21(27)25-22(30-18)23-20(24-25)16-7-5-6-8-17(16)28-4/h5-11H,1-4H3/b18-11-. The van der Waals surface area contributed by atoms with Crippen LogP contribution in [-0.2, 0) is 4.79 Å². The van der Waals surface area contributed by atoms with Gasteiger partial charge in [-0.05, 0) is 60.9 Å². The molecule has 0 fully saturated rings. The second-order valence-corrected chi connectivity index (χ2v) is 7.83. The first-order valence-electron chi connectivity index (χ1n) is 9.21. The summed E-state index contributed by atoms with van der Waals surface area (Å²) >= 11 is 1.27. The van der Waals surface area contributed by atoms with Crippen LogP contribution in [0.25, 0.3) is 22.4 Å². The van der Waals surface area contributed by atoms with Crippen LogP contribution in [0.15, 0.2) is 41.2 Å². The first-order valence-corrected chi connectivity index (χ1v) is 10.0. The summed E-state index contributed by atoms with van der Waals surface area (Å²) in [5.41, 5.74) is 2.98. The van der Waals surface area contributed by atoms with Crippen molar-refractivity contribution in [1.82, 2.24) is 14.6 Å². The Morgan fingerprint density at radius 2 is 1.87 bits per heavy atom. The number of fused-ring (bicyclic) bond motifs is 1. The minimum atomic E-state index is -0.365. The number of esters is 1. The number of nitrogens with zero attached hydrogens (tertiary/aromatic N) is 3. The lowest BCUT2D eigenvalue weighted by Crippen LogP contribution is -2.23. The van der Waals surface area contributed by atoms with Gasteiger partial charge in [-0.3, -0.25) is 9.59 Å². The van der Waals surface area contributed by atoms with Gasteiger partial charge in [-0.2, -0.15) is 9.50 Å². The molecule has 2 aromatic heterocycles. The van der Waals surface area contributed by atoms with Gasteiger partial charge in [0, 0.05) is 6.92 Å². The Bertz CT molecular complexity index is 1360. The number of carbonyl (C=O) groups is 1. The zero-order valence-corrected chi connectivity index (χ0v) is 17.7. The van der Waals surface area contributed by atoms with Crippen molar-refractivity contribution in [2.45, 2.75) is 20.8 Å². The molecule has 0 amide bonds. The molecule has 0 radical (unpaired) electrons. The Morgan fingerprint density at radius 1 is 1.17 bits per heavy atom. The van der Waals surface area contributed by atoms with Crippen LogP contribution < -0.4 is 19.6 Å². The fourth-order valence-corrected chi connectivity index (χ4v) is 4.21. The van der Waals surface area contributed by atoms with E-state index in [1.165, 1.54) is 22.8 Å². The van der Waals surface area contributed by atoms with Gasteiger partial charge >= 0.3 is 5.97 Å². The molecule has 0 aliphatic rings. The smallest absolute Gasteiger partial charge is 0.308 e. The van der Waals surface area contributed by atoms with Crippen LogP contribution in [0, 0.1) is 13.8 Å². The number of thiazole rings is 1. The third-order valence-electron chi connectivity index (χ3n) is 4.56. The molecule has 4 aromatic rings. The van der Waals surface area contributed by atoms with Gasteiger partial charge in [-0.15, -0.1) is 5.10 Å². The lowest BCUT2D eigenvalue weighted by atomic mass is 10.1. The van der Waals surface area contributed by atoms with E-state index < -0.39 is 0 Å². The molecule has 0 aliphatic carbocycles. The molecule has 2 heterocycles. The molecule has 8 heteroatoms. The van der Waals surface area contributed by atoms with Crippen LogP contribution >= 0.6 is 11.3 Å². The lowest BCUT2D eigenvalue weighted by Gasteiger charge is -2.10. The number of aromatic nitrogens is 3. The summed E-state index contributed by atoms with van der Waals surface area (Å²) in [6.45, 7) is 5.10. The predicted octanol–water partition coefficient (Wildman–Crippen LogP) is 2.92. The van der Waals surface area contributed by atoms with E-state index in [9.17, 15) is 9.59 Å².